The molecule has 29 heavy (non-hydrogen) atoms. The monoisotopic (exact) mass is 402 g/mol. The third-order valence-corrected chi connectivity index (χ3v) is 4.99. The van der Waals surface area contributed by atoms with Crippen molar-refractivity contribution in [2.45, 2.75) is 40.8 Å². The van der Waals surface area contributed by atoms with E-state index in [0.717, 1.165) is 23.5 Å². The first-order valence-corrected chi connectivity index (χ1v) is 9.68. The Bertz CT molecular complexity index is 872. The van der Waals surface area contributed by atoms with Gasteiger partial charge in [0.25, 0.3) is 5.91 Å². The molecule has 0 fully saturated rings. The minimum atomic E-state index is -0.478. The Labute approximate surface area is 172 Å². The number of methoxy groups -OCH3 is 2. The number of ether oxygens (including phenoxy) is 3. The predicted octanol–water partition coefficient (Wildman–Crippen LogP) is 3.35. The quantitative estimate of drug-likeness (QED) is 0.602. The van der Waals surface area contributed by atoms with Crippen LogP contribution in [0.3, 0.4) is 0 Å². The summed E-state index contributed by atoms with van der Waals surface area (Å²) in [6, 6.07) is 7.31. The van der Waals surface area contributed by atoms with Gasteiger partial charge in [0.15, 0.2) is 18.1 Å². The molecule has 0 spiro atoms. The van der Waals surface area contributed by atoms with Crippen LogP contribution in [0.25, 0.3) is 0 Å². The van der Waals surface area contributed by atoms with E-state index in [1.807, 2.05) is 44.4 Å². The summed E-state index contributed by atoms with van der Waals surface area (Å²) in [5.74, 6) is 0.503. The maximum Gasteiger partial charge on any atom is 0.340 e. The topological polar surface area (TPSA) is 70.0 Å². The lowest BCUT2D eigenvalue weighted by Crippen LogP contribution is -2.34. The van der Waals surface area contributed by atoms with Crippen LogP contribution in [0.5, 0.6) is 11.5 Å². The maximum absolute atomic E-state index is 12.6. The van der Waals surface area contributed by atoms with Crippen molar-refractivity contribution < 1.29 is 23.8 Å². The van der Waals surface area contributed by atoms with Crippen molar-refractivity contribution >= 4 is 11.9 Å². The average molecular weight is 402 g/mol. The molecule has 0 aliphatic heterocycles. The number of likely N-dealkylation sites (N-methyl/N-ethyl adjacent to an activating group) is 1. The Morgan fingerprint density at radius 2 is 1.72 bits per heavy atom. The molecule has 0 saturated heterocycles. The number of aryl methyl sites for hydroxylation is 1. The van der Waals surface area contributed by atoms with E-state index in [-0.39, 0.29) is 12.5 Å². The lowest BCUT2D eigenvalue weighted by atomic mass is 10.2. The summed E-state index contributed by atoms with van der Waals surface area (Å²) in [4.78, 5) is 26.7. The van der Waals surface area contributed by atoms with Crippen LogP contribution in [0, 0.1) is 13.8 Å². The van der Waals surface area contributed by atoms with E-state index in [0.29, 0.717) is 30.2 Å². The number of hydrogen-bond donors (Lipinski definition) is 0. The number of aromatic nitrogens is 1. The van der Waals surface area contributed by atoms with Gasteiger partial charge in [-0.1, -0.05) is 6.07 Å². The number of nitrogens with zero attached hydrogens (tertiary/aromatic N) is 2. The van der Waals surface area contributed by atoms with Gasteiger partial charge in [-0.05, 0) is 51.5 Å². The summed E-state index contributed by atoms with van der Waals surface area (Å²) in [5.41, 5.74) is 3.24. The number of rotatable bonds is 9. The van der Waals surface area contributed by atoms with Crippen LogP contribution in [-0.4, -0.2) is 48.7 Å². The summed E-state index contributed by atoms with van der Waals surface area (Å²) in [7, 11) is 3.14. The fraction of sp³-hybridized carbons (Fsp3) is 0.455. The van der Waals surface area contributed by atoms with Gasteiger partial charge in [-0.25, -0.2) is 4.79 Å². The van der Waals surface area contributed by atoms with E-state index in [2.05, 4.69) is 0 Å². The van der Waals surface area contributed by atoms with Crippen molar-refractivity contribution in [1.82, 2.24) is 9.47 Å². The Morgan fingerprint density at radius 3 is 2.28 bits per heavy atom. The van der Waals surface area contributed by atoms with Crippen molar-refractivity contribution in [3.8, 4) is 11.5 Å². The van der Waals surface area contributed by atoms with Crippen LogP contribution in [0.15, 0.2) is 24.3 Å². The molecule has 7 nitrogen and oxygen atoms in total. The number of hydrogen-bond acceptors (Lipinski definition) is 5. The standard InChI is InChI=1S/C22H30N2O5/c1-7-23(13-17-9-10-19(27-5)20(12-17)28-6)21(25)14-29-22(26)18-11-15(3)24(8-2)16(18)4/h9-12H,7-8,13-14H2,1-6H3. The molecular weight excluding hydrogens is 372 g/mol. The maximum atomic E-state index is 12.6. The largest absolute Gasteiger partial charge is 0.493 e. The minimum Gasteiger partial charge on any atom is -0.493 e. The van der Waals surface area contributed by atoms with Gasteiger partial charge >= 0.3 is 5.97 Å². The summed E-state index contributed by atoms with van der Waals surface area (Å²) in [6.07, 6.45) is 0. The van der Waals surface area contributed by atoms with Crippen LogP contribution >= 0.6 is 0 Å². The molecular formula is C22H30N2O5. The second-order valence-corrected chi connectivity index (χ2v) is 6.70. The van der Waals surface area contributed by atoms with Gasteiger partial charge in [-0.15, -0.1) is 0 Å². The molecule has 2 aromatic rings. The predicted molar refractivity (Wildman–Crippen MR) is 110 cm³/mol. The fourth-order valence-electron chi connectivity index (χ4n) is 3.37. The Balaban J connectivity index is 2.02. The summed E-state index contributed by atoms with van der Waals surface area (Å²) < 4.78 is 17.9. The van der Waals surface area contributed by atoms with Crippen molar-refractivity contribution in [3.63, 3.8) is 0 Å². The molecule has 1 heterocycles. The van der Waals surface area contributed by atoms with Gasteiger partial charge in [0.1, 0.15) is 0 Å². The van der Waals surface area contributed by atoms with Gasteiger partial charge in [0, 0.05) is 31.0 Å². The molecule has 0 radical (unpaired) electrons. The molecule has 158 valence electrons. The first-order valence-electron chi connectivity index (χ1n) is 9.68. The van der Waals surface area contributed by atoms with Crippen LogP contribution in [0.1, 0.15) is 41.2 Å². The Kier molecular flexibility index (Phi) is 7.70. The zero-order valence-corrected chi connectivity index (χ0v) is 18.1. The van der Waals surface area contributed by atoms with Crippen molar-refractivity contribution in [2.75, 3.05) is 27.4 Å². The first kappa shape index (κ1) is 22.3. The third-order valence-electron chi connectivity index (χ3n) is 4.99. The molecule has 0 aliphatic carbocycles. The van der Waals surface area contributed by atoms with Gasteiger partial charge in [-0.3, -0.25) is 4.79 Å². The number of amides is 1. The minimum absolute atomic E-state index is 0.250. The lowest BCUT2D eigenvalue weighted by Gasteiger charge is -2.21. The summed E-state index contributed by atoms with van der Waals surface area (Å²) in [5, 5.41) is 0. The molecule has 1 aromatic heterocycles. The average Bonchev–Trinajstić information content (AvgIpc) is 3.02. The van der Waals surface area contributed by atoms with Crippen LogP contribution in [-0.2, 0) is 22.6 Å². The van der Waals surface area contributed by atoms with Gasteiger partial charge in [0.2, 0.25) is 0 Å². The third kappa shape index (κ3) is 5.10. The van der Waals surface area contributed by atoms with Gasteiger partial charge in [-0.2, -0.15) is 0 Å². The highest BCUT2D eigenvalue weighted by Gasteiger charge is 2.20. The normalized spacial score (nSPS) is 10.6. The molecule has 0 unspecified atom stereocenters. The van der Waals surface area contributed by atoms with Crippen LogP contribution in [0.2, 0.25) is 0 Å². The van der Waals surface area contributed by atoms with E-state index in [1.54, 1.807) is 31.3 Å². The molecule has 0 aliphatic rings. The van der Waals surface area contributed by atoms with Crippen LogP contribution in [0.4, 0.5) is 0 Å². The SMILES string of the molecule is CCN(Cc1ccc(OC)c(OC)c1)C(=O)COC(=O)c1cc(C)n(CC)c1C. The number of benzene rings is 1. The number of esters is 1. The second kappa shape index (κ2) is 10.0. The molecule has 0 saturated carbocycles. The molecule has 7 heteroatoms. The fourth-order valence-corrected chi connectivity index (χ4v) is 3.37. The van der Waals surface area contributed by atoms with Gasteiger partial charge in [0.05, 0.1) is 19.8 Å². The highest BCUT2D eigenvalue weighted by atomic mass is 16.5. The van der Waals surface area contributed by atoms with E-state index < -0.39 is 5.97 Å². The molecule has 0 atom stereocenters. The van der Waals surface area contributed by atoms with E-state index in [9.17, 15) is 9.59 Å². The molecule has 1 amide bonds. The van der Waals surface area contributed by atoms with Crippen LogP contribution < -0.4 is 9.47 Å². The van der Waals surface area contributed by atoms with Gasteiger partial charge < -0.3 is 23.7 Å². The van der Waals surface area contributed by atoms with Crippen molar-refractivity contribution in [2.24, 2.45) is 0 Å². The smallest absolute Gasteiger partial charge is 0.340 e. The zero-order chi connectivity index (χ0) is 21.6. The first-order chi connectivity index (χ1) is 13.9. The highest BCUT2D eigenvalue weighted by molar-refractivity contribution is 5.92. The Morgan fingerprint density at radius 1 is 1.03 bits per heavy atom. The molecule has 0 N–H and O–H groups in total. The van der Waals surface area contributed by atoms with E-state index >= 15 is 0 Å². The number of carbonyl (C=O) groups is 2. The van der Waals surface area contributed by atoms with E-state index in [4.69, 9.17) is 14.2 Å². The molecule has 0 bridgehead atoms. The second-order valence-electron chi connectivity index (χ2n) is 6.70. The zero-order valence-electron chi connectivity index (χ0n) is 18.1. The summed E-state index contributed by atoms with van der Waals surface area (Å²) in [6.45, 7) is 9.09. The summed E-state index contributed by atoms with van der Waals surface area (Å²) >= 11 is 0. The van der Waals surface area contributed by atoms with E-state index in [1.165, 1.54) is 0 Å². The highest BCUT2D eigenvalue weighted by Crippen LogP contribution is 2.28. The molecule has 1 aromatic carbocycles. The van der Waals surface area contributed by atoms with Crippen molar-refractivity contribution in [3.05, 3.63) is 46.8 Å². The molecule has 2 rings (SSSR count). The Hall–Kier alpha value is -2.96. The van der Waals surface area contributed by atoms with Crippen molar-refractivity contribution in [1.29, 1.82) is 0 Å². The lowest BCUT2D eigenvalue weighted by molar-refractivity contribution is -0.134. The number of carbonyl (C=O) groups excluding carboxylic acids is 2.